The van der Waals surface area contributed by atoms with Crippen LogP contribution in [0.4, 0.5) is 0 Å². The molecule has 4 atom stereocenters. The minimum absolute atomic E-state index is 0.384. The van der Waals surface area contributed by atoms with E-state index in [1.54, 1.807) is 28.0 Å². The largest absolute Gasteiger partial charge is 0.339 e. The molecule has 11 nitrogen and oxygen atoms in total. The Morgan fingerprint density at radius 3 is 2.03 bits per heavy atom. The SMILES string of the molecule is CC1(C)O[C@H]2O[C@H](n3cc(-c4ccccn4)nn3)[C@H](n3cc(-c4ccccn4)nn3)[C@H]2O1. The zero-order valence-corrected chi connectivity index (χ0v) is 17.4. The summed E-state index contributed by atoms with van der Waals surface area (Å²) in [6.45, 7) is 3.71. The summed E-state index contributed by atoms with van der Waals surface area (Å²) in [5.41, 5.74) is 2.74. The summed E-state index contributed by atoms with van der Waals surface area (Å²) >= 11 is 0. The third-order valence-corrected chi connectivity index (χ3v) is 5.43. The lowest BCUT2D eigenvalue weighted by Gasteiger charge is -2.25. The summed E-state index contributed by atoms with van der Waals surface area (Å²) in [7, 11) is 0. The quantitative estimate of drug-likeness (QED) is 0.479. The van der Waals surface area contributed by atoms with Crippen LogP contribution < -0.4 is 0 Å². The predicted molar refractivity (Wildman–Crippen MR) is 109 cm³/mol. The number of hydrogen-bond donors (Lipinski definition) is 0. The van der Waals surface area contributed by atoms with Crippen LogP contribution in [0, 0.1) is 0 Å². The van der Waals surface area contributed by atoms with Crippen LogP contribution in [0.25, 0.3) is 22.8 Å². The summed E-state index contributed by atoms with van der Waals surface area (Å²) in [4.78, 5) is 8.69. The molecule has 11 heteroatoms. The maximum Gasteiger partial charge on any atom is 0.192 e. The third-order valence-electron chi connectivity index (χ3n) is 5.43. The Bertz CT molecular complexity index is 1230. The molecule has 0 aliphatic carbocycles. The first-order valence-electron chi connectivity index (χ1n) is 10.2. The molecule has 6 heterocycles. The average molecular weight is 432 g/mol. The minimum Gasteiger partial charge on any atom is -0.339 e. The predicted octanol–water partition coefficient (Wildman–Crippen LogP) is 2.24. The molecule has 0 radical (unpaired) electrons. The van der Waals surface area contributed by atoms with Gasteiger partial charge in [-0.25, -0.2) is 9.36 Å². The molecule has 0 N–H and O–H groups in total. The van der Waals surface area contributed by atoms with Crippen molar-refractivity contribution in [2.75, 3.05) is 0 Å². The summed E-state index contributed by atoms with van der Waals surface area (Å²) in [5, 5.41) is 17.2. The van der Waals surface area contributed by atoms with E-state index < -0.39 is 24.4 Å². The van der Waals surface area contributed by atoms with Crippen LogP contribution in [-0.2, 0) is 14.2 Å². The normalized spacial score (nSPS) is 26.3. The number of rotatable bonds is 4. The fraction of sp³-hybridized carbons (Fsp3) is 0.333. The molecule has 162 valence electrons. The molecule has 4 aromatic rings. The molecule has 0 bridgehead atoms. The Morgan fingerprint density at radius 1 is 0.781 bits per heavy atom. The fourth-order valence-electron chi connectivity index (χ4n) is 4.06. The van der Waals surface area contributed by atoms with E-state index in [4.69, 9.17) is 14.2 Å². The van der Waals surface area contributed by atoms with Crippen LogP contribution in [0.1, 0.15) is 26.1 Å². The Kier molecular flexibility index (Phi) is 4.35. The van der Waals surface area contributed by atoms with Gasteiger partial charge in [-0.15, -0.1) is 10.2 Å². The lowest BCUT2D eigenvalue weighted by molar-refractivity contribution is -0.221. The van der Waals surface area contributed by atoms with Gasteiger partial charge in [0, 0.05) is 12.4 Å². The van der Waals surface area contributed by atoms with Gasteiger partial charge >= 0.3 is 0 Å². The molecule has 0 unspecified atom stereocenters. The molecule has 0 aromatic carbocycles. The maximum absolute atomic E-state index is 6.23. The van der Waals surface area contributed by atoms with Crippen molar-refractivity contribution < 1.29 is 14.2 Å². The summed E-state index contributed by atoms with van der Waals surface area (Å²) in [6.07, 6.45) is 5.51. The van der Waals surface area contributed by atoms with Gasteiger partial charge in [-0.1, -0.05) is 22.6 Å². The number of ether oxygens (including phenoxy) is 3. The molecule has 2 aliphatic heterocycles. The van der Waals surface area contributed by atoms with Gasteiger partial charge in [0.05, 0.1) is 23.8 Å². The molecule has 2 saturated heterocycles. The summed E-state index contributed by atoms with van der Waals surface area (Å²) in [6, 6.07) is 10.9. The molecule has 0 saturated carbocycles. The lowest BCUT2D eigenvalue weighted by atomic mass is 10.1. The van der Waals surface area contributed by atoms with Crippen molar-refractivity contribution in [3.8, 4) is 22.8 Å². The van der Waals surface area contributed by atoms with E-state index in [2.05, 4.69) is 30.6 Å². The zero-order valence-electron chi connectivity index (χ0n) is 17.4. The number of fused-ring (bicyclic) bond motifs is 1. The van der Waals surface area contributed by atoms with Crippen LogP contribution in [0.3, 0.4) is 0 Å². The smallest absolute Gasteiger partial charge is 0.192 e. The lowest BCUT2D eigenvalue weighted by Crippen LogP contribution is -2.32. The second-order valence-corrected chi connectivity index (χ2v) is 8.08. The van der Waals surface area contributed by atoms with Crippen molar-refractivity contribution in [3.05, 3.63) is 61.2 Å². The van der Waals surface area contributed by atoms with Crippen molar-refractivity contribution in [1.82, 2.24) is 40.0 Å². The van der Waals surface area contributed by atoms with Gasteiger partial charge in [-0.3, -0.25) is 9.97 Å². The van der Waals surface area contributed by atoms with Gasteiger partial charge in [-0.2, -0.15) is 0 Å². The van der Waals surface area contributed by atoms with Gasteiger partial charge in [0.15, 0.2) is 18.3 Å². The molecule has 2 aliphatic rings. The third kappa shape index (κ3) is 3.27. The van der Waals surface area contributed by atoms with Gasteiger partial charge in [0.1, 0.15) is 23.5 Å². The molecule has 0 spiro atoms. The van der Waals surface area contributed by atoms with Crippen LogP contribution in [0.2, 0.25) is 0 Å². The van der Waals surface area contributed by atoms with E-state index in [9.17, 15) is 0 Å². The monoisotopic (exact) mass is 432 g/mol. The molecular weight excluding hydrogens is 412 g/mol. The first-order valence-corrected chi connectivity index (χ1v) is 10.2. The van der Waals surface area contributed by atoms with Crippen LogP contribution >= 0.6 is 0 Å². The number of pyridine rings is 2. The summed E-state index contributed by atoms with van der Waals surface area (Å²) in [5.74, 6) is -0.773. The molecule has 0 amide bonds. The van der Waals surface area contributed by atoms with Crippen LogP contribution in [0.5, 0.6) is 0 Å². The Labute approximate surface area is 183 Å². The number of hydrogen-bond acceptors (Lipinski definition) is 9. The molecule has 2 fully saturated rings. The zero-order chi connectivity index (χ0) is 21.7. The van der Waals surface area contributed by atoms with Gasteiger partial charge in [0.2, 0.25) is 0 Å². The summed E-state index contributed by atoms with van der Waals surface area (Å²) < 4.78 is 21.7. The fourth-order valence-corrected chi connectivity index (χ4v) is 4.06. The molecular formula is C21H20N8O3. The van der Waals surface area contributed by atoms with Gasteiger partial charge in [-0.05, 0) is 38.1 Å². The molecule has 32 heavy (non-hydrogen) atoms. The van der Waals surface area contributed by atoms with Crippen molar-refractivity contribution in [2.45, 2.75) is 44.3 Å². The van der Waals surface area contributed by atoms with Crippen molar-refractivity contribution in [1.29, 1.82) is 0 Å². The number of nitrogens with zero attached hydrogens (tertiary/aromatic N) is 8. The topological polar surface area (TPSA) is 115 Å². The highest BCUT2D eigenvalue weighted by molar-refractivity contribution is 5.52. The highest BCUT2D eigenvalue weighted by atomic mass is 16.8. The second-order valence-electron chi connectivity index (χ2n) is 8.08. The van der Waals surface area contributed by atoms with E-state index in [0.717, 1.165) is 11.4 Å². The molecule has 6 rings (SSSR count). The van der Waals surface area contributed by atoms with E-state index in [0.29, 0.717) is 11.4 Å². The van der Waals surface area contributed by atoms with Crippen molar-refractivity contribution >= 4 is 0 Å². The van der Waals surface area contributed by atoms with Gasteiger partial charge in [0.25, 0.3) is 0 Å². The van der Waals surface area contributed by atoms with Crippen LogP contribution in [0.15, 0.2) is 61.2 Å². The first-order chi connectivity index (χ1) is 15.6. The maximum atomic E-state index is 6.23. The van der Waals surface area contributed by atoms with E-state index >= 15 is 0 Å². The van der Waals surface area contributed by atoms with Crippen molar-refractivity contribution in [2.24, 2.45) is 0 Å². The standard InChI is InChI=1S/C21H20N8O3/c1-21(2)31-18-17(28-11-15(24-26-28)13-7-3-5-9-22-13)19(30-20(18)32-21)29-12-16(25-27-29)14-8-4-6-10-23-14/h3-12,17-20H,1-2H3/t17-,18-,19+,20-/m1/s1. The average Bonchev–Trinajstić information content (AvgIpc) is 3.57. The second kappa shape index (κ2) is 7.26. The molecule has 4 aromatic heterocycles. The number of aromatic nitrogens is 8. The van der Waals surface area contributed by atoms with Crippen molar-refractivity contribution in [3.63, 3.8) is 0 Å². The Balaban J connectivity index is 1.37. The van der Waals surface area contributed by atoms with E-state index in [1.165, 1.54) is 0 Å². The minimum atomic E-state index is -0.773. The van der Waals surface area contributed by atoms with E-state index in [-0.39, 0.29) is 6.04 Å². The van der Waals surface area contributed by atoms with E-state index in [1.807, 2.05) is 56.4 Å². The first kappa shape index (κ1) is 19.2. The van der Waals surface area contributed by atoms with Gasteiger partial charge < -0.3 is 14.2 Å². The Hall–Kier alpha value is -3.54. The Morgan fingerprint density at radius 2 is 1.41 bits per heavy atom. The van der Waals surface area contributed by atoms with Crippen LogP contribution in [-0.4, -0.2) is 58.1 Å². The highest BCUT2D eigenvalue weighted by Gasteiger charge is 2.57. The highest BCUT2D eigenvalue weighted by Crippen LogP contribution is 2.47.